The second kappa shape index (κ2) is 9.91. The molecular weight excluding hydrogens is 548 g/mol. The van der Waals surface area contributed by atoms with Crippen molar-refractivity contribution >= 4 is 37.7 Å². The molecule has 204 valence electrons. The Kier molecular flexibility index (Phi) is 6.92. The third-order valence-corrected chi connectivity index (χ3v) is 8.77. The van der Waals surface area contributed by atoms with E-state index in [1.807, 2.05) is 11.8 Å². The Balaban J connectivity index is 1.19. The van der Waals surface area contributed by atoms with Gasteiger partial charge in [0.25, 0.3) is 5.19 Å². The first-order valence-corrected chi connectivity index (χ1v) is 14.5. The Bertz CT molecular complexity index is 1460. The number of alkyl halides is 4. The summed E-state index contributed by atoms with van der Waals surface area (Å²) in [5, 5.41) is 4.81. The number of hydrogen-bond donors (Lipinski definition) is 0. The molecule has 1 aliphatic carbocycles. The molecule has 15 heteroatoms. The monoisotopic (exact) mass is 572 g/mol. The SMILES string of the molecule is C[C@H](Oc1nn2cc(C3=CC=C(S(C)(=O)=O)CC3F)nc2s1)C1CCN(c2ncc(C(F)(F)F)cn2)CC1. The Labute approximate surface area is 219 Å². The van der Waals surface area contributed by atoms with Crippen molar-refractivity contribution in [2.45, 2.75) is 44.6 Å². The molecule has 1 unspecified atom stereocenters. The van der Waals surface area contributed by atoms with Gasteiger partial charge in [-0.3, -0.25) is 0 Å². The highest BCUT2D eigenvalue weighted by molar-refractivity contribution is 7.94. The zero-order chi connectivity index (χ0) is 27.2. The van der Waals surface area contributed by atoms with E-state index in [9.17, 15) is 26.0 Å². The number of piperidine rings is 1. The van der Waals surface area contributed by atoms with Gasteiger partial charge in [-0.2, -0.15) is 13.2 Å². The first-order chi connectivity index (χ1) is 17.9. The van der Waals surface area contributed by atoms with Gasteiger partial charge in [0.15, 0.2) is 9.84 Å². The summed E-state index contributed by atoms with van der Waals surface area (Å²) in [7, 11) is -3.45. The lowest BCUT2D eigenvalue weighted by Crippen LogP contribution is -2.39. The minimum atomic E-state index is -4.47. The van der Waals surface area contributed by atoms with E-state index in [4.69, 9.17) is 4.74 Å². The van der Waals surface area contributed by atoms with Crippen LogP contribution in [-0.4, -0.2) is 64.6 Å². The van der Waals surface area contributed by atoms with Crippen LogP contribution in [0, 0.1) is 5.92 Å². The largest absolute Gasteiger partial charge is 0.466 e. The van der Waals surface area contributed by atoms with Gasteiger partial charge in [-0.25, -0.2) is 32.3 Å². The predicted octanol–water partition coefficient (Wildman–Crippen LogP) is 4.34. The zero-order valence-corrected chi connectivity index (χ0v) is 22.0. The van der Waals surface area contributed by atoms with Crippen LogP contribution in [0.1, 0.15) is 37.4 Å². The molecule has 1 aliphatic heterocycles. The highest BCUT2D eigenvalue weighted by Crippen LogP contribution is 2.34. The van der Waals surface area contributed by atoms with Crippen molar-refractivity contribution < 1.29 is 30.7 Å². The van der Waals surface area contributed by atoms with Crippen LogP contribution in [0.4, 0.5) is 23.5 Å². The normalized spacial score (nSPS) is 20.4. The minimum Gasteiger partial charge on any atom is -0.466 e. The molecule has 3 aromatic heterocycles. The minimum absolute atomic E-state index is 0.0512. The molecule has 2 atom stereocenters. The predicted molar refractivity (Wildman–Crippen MR) is 133 cm³/mol. The molecule has 0 amide bonds. The van der Waals surface area contributed by atoms with Gasteiger partial charge in [-0.05, 0) is 43.1 Å². The molecule has 5 rings (SSSR count). The van der Waals surface area contributed by atoms with Crippen molar-refractivity contribution in [2.75, 3.05) is 24.2 Å². The summed E-state index contributed by atoms with van der Waals surface area (Å²) < 4.78 is 83.9. The highest BCUT2D eigenvalue weighted by Gasteiger charge is 2.32. The summed E-state index contributed by atoms with van der Waals surface area (Å²) in [5.74, 6) is 0.469. The lowest BCUT2D eigenvalue weighted by molar-refractivity contribution is -0.138. The van der Waals surface area contributed by atoms with Gasteiger partial charge in [0.2, 0.25) is 10.9 Å². The number of aromatic nitrogens is 5. The summed E-state index contributed by atoms with van der Waals surface area (Å²) in [6, 6.07) is 0. The van der Waals surface area contributed by atoms with E-state index in [-0.39, 0.29) is 29.3 Å². The fourth-order valence-electron chi connectivity index (χ4n) is 4.49. The van der Waals surface area contributed by atoms with Crippen LogP contribution in [0.15, 0.2) is 35.6 Å². The maximum absolute atomic E-state index is 14.7. The van der Waals surface area contributed by atoms with E-state index < -0.39 is 27.7 Å². The number of allylic oxidation sites excluding steroid dienone is 4. The van der Waals surface area contributed by atoms with E-state index in [0.717, 1.165) is 31.5 Å². The van der Waals surface area contributed by atoms with Crippen LogP contribution in [0.2, 0.25) is 0 Å². The maximum Gasteiger partial charge on any atom is 0.419 e. The summed E-state index contributed by atoms with van der Waals surface area (Å²) in [5.41, 5.74) is -0.190. The summed E-state index contributed by atoms with van der Waals surface area (Å²) in [4.78, 5) is 14.6. The number of anilines is 1. The smallest absolute Gasteiger partial charge is 0.419 e. The molecule has 9 nitrogen and oxygen atoms in total. The number of rotatable bonds is 6. The quantitative estimate of drug-likeness (QED) is 0.402. The lowest BCUT2D eigenvalue weighted by atomic mass is 9.92. The molecular formula is C23H24F4N6O3S2. The van der Waals surface area contributed by atoms with Crippen molar-refractivity contribution in [3.05, 3.63) is 46.9 Å². The van der Waals surface area contributed by atoms with Crippen LogP contribution in [0.3, 0.4) is 0 Å². The number of ether oxygens (including phenoxy) is 1. The third-order valence-electron chi connectivity index (χ3n) is 6.70. The van der Waals surface area contributed by atoms with Crippen molar-refractivity contribution in [3.63, 3.8) is 0 Å². The van der Waals surface area contributed by atoms with E-state index >= 15 is 0 Å². The molecule has 1 fully saturated rings. The Morgan fingerprint density at radius 3 is 2.42 bits per heavy atom. The summed E-state index contributed by atoms with van der Waals surface area (Å²) in [6.45, 7) is 3.11. The molecule has 0 N–H and O–H groups in total. The number of hydrogen-bond acceptors (Lipinski definition) is 9. The number of imidazole rings is 1. The molecule has 3 aromatic rings. The second-order valence-electron chi connectivity index (χ2n) is 9.34. The van der Waals surface area contributed by atoms with Crippen molar-refractivity contribution in [1.82, 2.24) is 24.6 Å². The lowest BCUT2D eigenvalue weighted by Gasteiger charge is -2.34. The van der Waals surface area contributed by atoms with Crippen LogP contribution in [-0.2, 0) is 16.0 Å². The molecule has 0 bridgehead atoms. The molecule has 1 saturated heterocycles. The van der Waals surface area contributed by atoms with Gasteiger partial charge < -0.3 is 9.64 Å². The Hall–Kier alpha value is -3.07. The number of fused-ring (bicyclic) bond motifs is 1. The van der Waals surface area contributed by atoms with Gasteiger partial charge in [-0.1, -0.05) is 6.08 Å². The van der Waals surface area contributed by atoms with Gasteiger partial charge >= 0.3 is 6.18 Å². The van der Waals surface area contributed by atoms with E-state index in [2.05, 4.69) is 20.1 Å². The van der Waals surface area contributed by atoms with Crippen molar-refractivity contribution in [3.8, 4) is 5.19 Å². The number of halogens is 4. The van der Waals surface area contributed by atoms with Crippen LogP contribution in [0.25, 0.3) is 10.5 Å². The molecule has 0 radical (unpaired) electrons. The fourth-order valence-corrected chi connectivity index (χ4v) is 6.07. The van der Waals surface area contributed by atoms with Crippen molar-refractivity contribution in [1.29, 1.82) is 0 Å². The highest BCUT2D eigenvalue weighted by atomic mass is 32.2. The van der Waals surface area contributed by atoms with Crippen LogP contribution in [0.5, 0.6) is 5.19 Å². The number of nitrogens with zero attached hydrogens (tertiary/aromatic N) is 6. The maximum atomic E-state index is 14.7. The first-order valence-electron chi connectivity index (χ1n) is 11.8. The average molecular weight is 573 g/mol. The van der Waals surface area contributed by atoms with E-state index in [0.29, 0.717) is 34.5 Å². The number of sulfone groups is 1. The Morgan fingerprint density at radius 1 is 1.16 bits per heavy atom. The standard InChI is InChI=1S/C23H24F4N6O3S2/c1-13(14-5-7-32(8-6-14)20-28-10-15(11-29-20)23(25,26)27)36-22-31-33-12-19(30-21(33)37-22)17-4-3-16(9-18(17)24)38(2,34)35/h3-4,10-14,18H,5-9H2,1-2H3/t13-,18?/m0/s1. The van der Waals surface area contributed by atoms with Crippen LogP contribution >= 0.6 is 11.3 Å². The van der Waals surface area contributed by atoms with Gasteiger partial charge in [-0.15, -0.1) is 5.10 Å². The molecule has 2 aliphatic rings. The first kappa shape index (κ1) is 26.5. The van der Waals surface area contributed by atoms with E-state index in [1.54, 1.807) is 6.20 Å². The summed E-state index contributed by atoms with van der Waals surface area (Å²) >= 11 is 1.22. The molecule has 38 heavy (non-hydrogen) atoms. The fraction of sp³-hybridized carbons (Fsp3) is 0.478. The Morgan fingerprint density at radius 2 is 1.84 bits per heavy atom. The van der Waals surface area contributed by atoms with Crippen LogP contribution < -0.4 is 9.64 Å². The summed E-state index contributed by atoms with van der Waals surface area (Å²) in [6.07, 6.45) is 2.23. The van der Waals surface area contributed by atoms with Gasteiger partial charge in [0.1, 0.15) is 12.3 Å². The average Bonchev–Trinajstić information content (AvgIpc) is 3.41. The molecule has 0 saturated carbocycles. The van der Waals surface area contributed by atoms with Crippen molar-refractivity contribution in [2.24, 2.45) is 5.92 Å². The molecule has 4 heterocycles. The van der Waals surface area contributed by atoms with E-state index in [1.165, 1.54) is 28.0 Å². The van der Waals surface area contributed by atoms with Gasteiger partial charge in [0.05, 0.1) is 17.5 Å². The molecule has 0 spiro atoms. The molecule has 0 aromatic carbocycles. The zero-order valence-electron chi connectivity index (χ0n) is 20.4. The van der Waals surface area contributed by atoms with Gasteiger partial charge in [0, 0.05) is 48.6 Å². The third kappa shape index (κ3) is 5.53. The topological polar surface area (TPSA) is 103 Å². The second-order valence-corrected chi connectivity index (χ2v) is 12.3.